The summed E-state index contributed by atoms with van der Waals surface area (Å²) in [5.41, 5.74) is 1.24. The van der Waals surface area contributed by atoms with E-state index < -0.39 is 6.10 Å². The number of hydrogen-bond acceptors (Lipinski definition) is 5. The van der Waals surface area contributed by atoms with Gasteiger partial charge in [0.15, 0.2) is 0 Å². The molecular weight excluding hydrogens is 352 g/mol. The molecule has 1 aliphatic heterocycles. The highest BCUT2D eigenvalue weighted by Crippen LogP contribution is 2.19. The van der Waals surface area contributed by atoms with Gasteiger partial charge in [0.05, 0.1) is 6.10 Å². The lowest BCUT2D eigenvalue weighted by Gasteiger charge is -2.30. The van der Waals surface area contributed by atoms with Crippen LogP contribution in [0.3, 0.4) is 0 Å². The van der Waals surface area contributed by atoms with Crippen LogP contribution in [-0.2, 0) is 6.54 Å². The van der Waals surface area contributed by atoms with Crippen LogP contribution in [0.1, 0.15) is 63.4 Å². The van der Waals surface area contributed by atoms with Crippen LogP contribution in [-0.4, -0.2) is 59.6 Å². The molecule has 0 radical (unpaired) electrons. The average Bonchev–Trinajstić information content (AvgIpc) is 2.68. The lowest BCUT2D eigenvalue weighted by molar-refractivity contribution is 0.0337. The number of piperidine rings is 1. The fourth-order valence-corrected chi connectivity index (χ4v) is 4.31. The molecule has 0 bridgehead atoms. The van der Waals surface area contributed by atoms with Crippen LogP contribution >= 0.6 is 0 Å². The summed E-state index contributed by atoms with van der Waals surface area (Å²) in [6.07, 6.45) is 10.3. The SMILES string of the molecule is OC1CCN(CC(O)COc2cccc(CNC3CCCCCCC3)c2)CC1. The Labute approximate surface area is 170 Å². The van der Waals surface area contributed by atoms with Crippen LogP contribution in [0.5, 0.6) is 5.75 Å². The van der Waals surface area contributed by atoms with Crippen LogP contribution in [0.25, 0.3) is 0 Å². The molecule has 0 amide bonds. The maximum absolute atomic E-state index is 10.3. The number of aliphatic hydroxyl groups is 2. The van der Waals surface area contributed by atoms with E-state index in [1.807, 2.05) is 12.1 Å². The first-order chi connectivity index (χ1) is 13.7. The molecule has 3 N–H and O–H groups in total. The maximum Gasteiger partial charge on any atom is 0.119 e. The van der Waals surface area contributed by atoms with Gasteiger partial charge in [-0.2, -0.15) is 0 Å². The van der Waals surface area contributed by atoms with Gasteiger partial charge in [-0.05, 0) is 43.4 Å². The summed E-state index contributed by atoms with van der Waals surface area (Å²) in [7, 11) is 0. The van der Waals surface area contributed by atoms with Crippen LogP contribution in [0, 0.1) is 0 Å². The Bertz CT molecular complexity index is 553. The van der Waals surface area contributed by atoms with Gasteiger partial charge in [-0.3, -0.25) is 0 Å². The van der Waals surface area contributed by atoms with Crippen molar-refractivity contribution < 1.29 is 14.9 Å². The number of β-amino-alcohol motifs (C(OH)–C–C–N with tert-alkyl or cyclic N) is 1. The molecule has 1 atom stereocenters. The summed E-state index contributed by atoms with van der Waals surface area (Å²) in [5.74, 6) is 0.824. The first-order valence-corrected chi connectivity index (χ1v) is 11.2. The normalized spacial score (nSPS) is 21.8. The van der Waals surface area contributed by atoms with Gasteiger partial charge in [0.2, 0.25) is 0 Å². The third-order valence-corrected chi connectivity index (χ3v) is 6.07. The zero-order chi connectivity index (χ0) is 19.6. The molecule has 1 saturated heterocycles. The molecule has 2 fully saturated rings. The highest BCUT2D eigenvalue weighted by Gasteiger charge is 2.19. The lowest BCUT2D eigenvalue weighted by atomic mass is 9.96. The fourth-order valence-electron chi connectivity index (χ4n) is 4.31. The molecule has 3 rings (SSSR count). The Balaban J connectivity index is 1.39. The van der Waals surface area contributed by atoms with E-state index in [-0.39, 0.29) is 6.10 Å². The molecule has 5 nitrogen and oxygen atoms in total. The monoisotopic (exact) mass is 390 g/mol. The molecule has 0 spiro atoms. The molecule has 1 aliphatic carbocycles. The smallest absolute Gasteiger partial charge is 0.119 e. The van der Waals surface area contributed by atoms with E-state index in [2.05, 4.69) is 22.3 Å². The number of nitrogens with one attached hydrogen (secondary N) is 1. The van der Waals surface area contributed by atoms with E-state index in [0.29, 0.717) is 19.2 Å². The average molecular weight is 391 g/mol. The molecule has 1 aromatic carbocycles. The maximum atomic E-state index is 10.3. The molecule has 1 heterocycles. The number of ether oxygens (including phenoxy) is 1. The van der Waals surface area contributed by atoms with Crippen molar-refractivity contribution in [3.05, 3.63) is 29.8 Å². The van der Waals surface area contributed by atoms with Gasteiger partial charge in [0.25, 0.3) is 0 Å². The van der Waals surface area contributed by atoms with Crippen molar-refractivity contribution in [3.63, 3.8) is 0 Å². The quantitative estimate of drug-likeness (QED) is 0.637. The minimum absolute atomic E-state index is 0.177. The first kappa shape index (κ1) is 21.6. The molecule has 1 unspecified atom stereocenters. The summed E-state index contributed by atoms with van der Waals surface area (Å²) in [4.78, 5) is 2.20. The van der Waals surface area contributed by atoms with E-state index in [0.717, 1.165) is 38.2 Å². The molecule has 1 aromatic rings. The highest BCUT2D eigenvalue weighted by molar-refractivity contribution is 5.28. The largest absolute Gasteiger partial charge is 0.491 e. The summed E-state index contributed by atoms with van der Waals surface area (Å²) in [5, 5.41) is 23.6. The Morgan fingerprint density at radius 2 is 1.75 bits per heavy atom. The Morgan fingerprint density at radius 3 is 2.50 bits per heavy atom. The second kappa shape index (κ2) is 11.8. The number of rotatable bonds is 8. The van der Waals surface area contributed by atoms with Gasteiger partial charge in [-0.1, -0.05) is 44.2 Å². The lowest BCUT2D eigenvalue weighted by Crippen LogP contribution is -2.41. The fraction of sp³-hybridized carbons (Fsp3) is 0.739. The number of hydrogen-bond donors (Lipinski definition) is 3. The molecule has 2 aliphatic rings. The predicted molar refractivity (Wildman–Crippen MR) is 113 cm³/mol. The number of aliphatic hydroxyl groups excluding tert-OH is 2. The third-order valence-electron chi connectivity index (χ3n) is 6.07. The van der Waals surface area contributed by atoms with Crippen molar-refractivity contribution in [2.45, 2.75) is 82.6 Å². The molecule has 1 saturated carbocycles. The van der Waals surface area contributed by atoms with Crippen LogP contribution in [0.4, 0.5) is 0 Å². The summed E-state index contributed by atoms with van der Waals surface area (Å²) >= 11 is 0. The summed E-state index contributed by atoms with van der Waals surface area (Å²) in [6.45, 7) is 3.48. The van der Waals surface area contributed by atoms with E-state index in [4.69, 9.17) is 4.74 Å². The second-order valence-corrected chi connectivity index (χ2v) is 8.57. The van der Waals surface area contributed by atoms with Gasteiger partial charge in [-0.25, -0.2) is 0 Å². The molecule has 28 heavy (non-hydrogen) atoms. The van der Waals surface area contributed by atoms with Crippen LogP contribution in [0.15, 0.2) is 24.3 Å². The van der Waals surface area contributed by atoms with Crippen molar-refractivity contribution in [2.24, 2.45) is 0 Å². The number of nitrogens with zero attached hydrogens (tertiary/aromatic N) is 1. The highest BCUT2D eigenvalue weighted by atomic mass is 16.5. The number of likely N-dealkylation sites (tertiary alicyclic amines) is 1. The summed E-state index contributed by atoms with van der Waals surface area (Å²) in [6, 6.07) is 8.85. The number of benzene rings is 1. The third kappa shape index (κ3) is 7.70. The molecule has 0 aromatic heterocycles. The molecule has 158 valence electrons. The van der Waals surface area contributed by atoms with E-state index in [9.17, 15) is 10.2 Å². The Morgan fingerprint density at radius 1 is 1.04 bits per heavy atom. The Hall–Kier alpha value is -1.14. The Kier molecular flexibility index (Phi) is 9.06. The molecule has 5 heteroatoms. The van der Waals surface area contributed by atoms with Crippen molar-refractivity contribution in [3.8, 4) is 5.75 Å². The predicted octanol–water partition coefficient (Wildman–Crippen LogP) is 3.09. The topological polar surface area (TPSA) is 65.0 Å². The van der Waals surface area contributed by atoms with Gasteiger partial charge < -0.3 is 25.2 Å². The van der Waals surface area contributed by atoms with Crippen molar-refractivity contribution in [1.82, 2.24) is 10.2 Å². The molecular formula is C23H38N2O3. The van der Waals surface area contributed by atoms with Crippen LogP contribution < -0.4 is 10.1 Å². The van der Waals surface area contributed by atoms with Gasteiger partial charge >= 0.3 is 0 Å². The minimum atomic E-state index is -0.507. The van der Waals surface area contributed by atoms with E-state index >= 15 is 0 Å². The van der Waals surface area contributed by atoms with Crippen molar-refractivity contribution >= 4 is 0 Å². The zero-order valence-corrected chi connectivity index (χ0v) is 17.2. The van der Waals surface area contributed by atoms with Gasteiger partial charge in [-0.15, -0.1) is 0 Å². The van der Waals surface area contributed by atoms with E-state index in [1.165, 1.54) is 50.5 Å². The van der Waals surface area contributed by atoms with Crippen molar-refractivity contribution in [2.75, 3.05) is 26.2 Å². The summed E-state index contributed by atoms with van der Waals surface area (Å²) < 4.78 is 5.85. The van der Waals surface area contributed by atoms with Gasteiger partial charge in [0.1, 0.15) is 18.5 Å². The second-order valence-electron chi connectivity index (χ2n) is 8.57. The van der Waals surface area contributed by atoms with Crippen molar-refractivity contribution in [1.29, 1.82) is 0 Å². The van der Waals surface area contributed by atoms with Gasteiger partial charge in [0, 0.05) is 32.2 Å². The first-order valence-electron chi connectivity index (χ1n) is 11.2. The standard InChI is InChI=1S/C23H38N2O3/c26-21-11-13-25(14-12-21)17-22(27)18-28-23-10-6-7-19(15-23)16-24-20-8-4-2-1-3-5-9-20/h6-7,10,15,20-22,24,26-27H,1-5,8-9,11-14,16-18H2. The van der Waals surface area contributed by atoms with Crippen LogP contribution in [0.2, 0.25) is 0 Å². The van der Waals surface area contributed by atoms with E-state index in [1.54, 1.807) is 0 Å². The minimum Gasteiger partial charge on any atom is -0.491 e. The zero-order valence-electron chi connectivity index (χ0n) is 17.2.